The van der Waals surface area contributed by atoms with Gasteiger partial charge in [0.1, 0.15) is 0 Å². The van der Waals surface area contributed by atoms with E-state index in [0.29, 0.717) is 0 Å². The van der Waals surface area contributed by atoms with E-state index in [1.54, 1.807) is 7.11 Å². The smallest absolute Gasteiger partial charge is 0.0670 e. The van der Waals surface area contributed by atoms with Crippen LogP contribution in [0.5, 0.6) is 0 Å². The zero-order valence-electron chi connectivity index (χ0n) is 5.80. The van der Waals surface area contributed by atoms with Gasteiger partial charge in [-0.3, -0.25) is 0 Å². The Morgan fingerprint density at radius 3 is 2.11 bits per heavy atom. The van der Waals surface area contributed by atoms with Crippen molar-refractivity contribution in [2.75, 3.05) is 19.4 Å². The molecule has 54 valence electrons. The molecule has 1 nitrogen and oxygen atoms in total. The van der Waals surface area contributed by atoms with E-state index in [1.165, 1.54) is 31.6 Å². The highest BCUT2D eigenvalue weighted by atomic mass is 32.4. The van der Waals surface area contributed by atoms with Crippen LogP contribution in [0, 0.1) is 0 Å². The maximum absolute atomic E-state index is 5.34. The van der Waals surface area contributed by atoms with E-state index in [0.717, 1.165) is 0 Å². The molecule has 1 aliphatic rings. The first kappa shape index (κ1) is 7.71. The Kier molecular flexibility index (Phi) is 2.69. The summed E-state index contributed by atoms with van der Waals surface area (Å²) in [4.78, 5) is 0. The molecular weight excluding hydrogens is 151 g/mol. The van der Waals surface area contributed by atoms with Crippen LogP contribution < -0.4 is 0 Å². The molecule has 9 heavy (non-hydrogen) atoms. The van der Waals surface area contributed by atoms with Crippen LogP contribution in [0.1, 0.15) is 19.3 Å². The highest BCUT2D eigenvalue weighted by Gasteiger charge is 2.18. The molecule has 0 bridgehead atoms. The van der Waals surface area contributed by atoms with Crippen LogP contribution in [0.3, 0.4) is 0 Å². The van der Waals surface area contributed by atoms with Crippen LogP contribution in [0.4, 0.5) is 0 Å². The first-order valence-electron chi connectivity index (χ1n) is 3.41. The molecule has 3 heteroatoms. The van der Waals surface area contributed by atoms with E-state index in [4.69, 9.17) is 16.3 Å². The van der Waals surface area contributed by atoms with Crippen LogP contribution >= 0.6 is 6.26 Å². The highest BCUT2D eigenvalue weighted by molar-refractivity contribution is 8.12. The van der Waals surface area contributed by atoms with Gasteiger partial charge in [0.15, 0.2) is 0 Å². The van der Waals surface area contributed by atoms with Gasteiger partial charge in [0, 0.05) is 7.11 Å². The fraction of sp³-hybridized carbons (Fsp3) is 1.00. The molecule has 0 spiro atoms. The summed E-state index contributed by atoms with van der Waals surface area (Å²) < 4.78 is 5.30. The lowest BCUT2D eigenvalue weighted by Gasteiger charge is -2.23. The molecule has 1 saturated heterocycles. The summed E-state index contributed by atoms with van der Waals surface area (Å²) in [7, 11) is 1.77. The zero-order valence-corrected chi connectivity index (χ0v) is 7.51. The molecule has 0 amide bonds. The Morgan fingerprint density at radius 2 is 1.78 bits per heavy atom. The third-order valence-electron chi connectivity index (χ3n) is 1.83. The summed E-state index contributed by atoms with van der Waals surface area (Å²) in [5.41, 5.74) is 0. The molecule has 1 fully saturated rings. The van der Waals surface area contributed by atoms with Crippen LogP contribution in [0.2, 0.25) is 0 Å². The van der Waals surface area contributed by atoms with Gasteiger partial charge >= 0.3 is 0 Å². The van der Waals surface area contributed by atoms with Crippen molar-refractivity contribution < 1.29 is 4.52 Å². The second kappa shape index (κ2) is 3.14. The van der Waals surface area contributed by atoms with Crippen molar-refractivity contribution in [2.24, 2.45) is 0 Å². The van der Waals surface area contributed by atoms with Crippen molar-refractivity contribution in [3.63, 3.8) is 0 Å². The van der Waals surface area contributed by atoms with E-state index in [-0.39, 0.29) is 0 Å². The number of hydrogen-bond donors (Lipinski definition) is 0. The monoisotopic (exact) mass is 164 g/mol. The van der Waals surface area contributed by atoms with Gasteiger partial charge in [-0.2, -0.15) is 0 Å². The Morgan fingerprint density at radius 1 is 1.22 bits per heavy atom. The highest BCUT2D eigenvalue weighted by Crippen LogP contribution is 2.50. The van der Waals surface area contributed by atoms with Crippen molar-refractivity contribution in [1.29, 1.82) is 0 Å². The molecule has 0 radical (unpaired) electrons. The van der Waals surface area contributed by atoms with E-state index in [2.05, 4.69) is 0 Å². The summed E-state index contributed by atoms with van der Waals surface area (Å²) in [6.07, 6.45) is 5.05. The van der Waals surface area contributed by atoms with Gasteiger partial charge < -0.3 is 4.52 Å². The van der Waals surface area contributed by atoms with E-state index in [9.17, 15) is 0 Å². The Balaban J connectivity index is 2.47. The first-order chi connectivity index (χ1) is 4.27. The van der Waals surface area contributed by atoms with Gasteiger partial charge in [0.25, 0.3) is 0 Å². The molecule has 0 aromatic carbocycles. The van der Waals surface area contributed by atoms with Gasteiger partial charge in [-0.15, -0.1) is 0 Å². The second-order valence-corrected chi connectivity index (χ2v) is 7.39. The summed E-state index contributed by atoms with van der Waals surface area (Å²) in [5, 5.41) is 0. The average molecular weight is 164 g/mol. The zero-order chi connectivity index (χ0) is 6.74. The SMILES string of the molecule is COP1(=S)CCCCC1. The molecule has 0 N–H and O–H groups in total. The normalized spacial score (nSPS) is 25.9. The predicted molar refractivity (Wildman–Crippen MR) is 44.9 cm³/mol. The minimum absolute atomic E-state index is 1.18. The minimum Gasteiger partial charge on any atom is -0.354 e. The number of hydrogen-bond acceptors (Lipinski definition) is 2. The largest absolute Gasteiger partial charge is 0.354 e. The fourth-order valence-electron chi connectivity index (χ4n) is 1.18. The van der Waals surface area contributed by atoms with Gasteiger partial charge in [0.2, 0.25) is 0 Å². The maximum atomic E-state index is 5.34. The van der Waals surface area contributed by atoms with E-state index in [1.807, 2.05) is 0 Å². The lowest BCUT2D eigenvalue weighted by Crippen LogP contribution is -2.03. The van der Waals surface area contributed by atoms with E-state index < -0.39 is 6.26 Å². The fourth-order valence-corrected chi connectivity index (χ4v) is 3.95. The summed E-state index contributed by atoms with van der Waals surface area (Å²) >= 11 is 5.34. The maximum Gasteiger partial charge on any atom is 0.0670 e. The lowest BCUT2D eigenvalue weighted by molar-refractivity contribution is 0.449. The quantitative estimate of drug-likeness (QED) is 0.549. The van der Waals surface area contributed by atoms with Crippen LogP contribution in [0.25, 0.3) is 0 Å². The topological polar surface area (TPSA) is 9.23 Å². The predicted octanol–water partition coefficient (Wildman–Crippen LogP) is 2.21. The molecule has 0 unspecified atom stereocenters. The van der Waals surface area contributed by atoms with Crippen LogP contribution in [-0.4, -0.2) is 19.4 Å². The van der Waals surface area contributed by atoms with Crippen molar-refractivity contribution >= 4 is 18.1 Å². The molecule has 0 saturated carbocycles. The molecule has 0 aromatic heterocycles. The summed E-state index contributed by atoms with van der Waals surface area (Å²) in [6.45, 7) is 0. The van der Waals surface area contributed by atoms with Gasteiger partial charge in [0.05, 0.1) is 6.26 Å². The number of rotatable bonds is 1. The van der Waals surface area contributed by atoms with Crippen LogP contribution in [0.15, 0.2) is 0 Å². The molecule has 1 heterocycles. The Bertz CT molecular complexity index is 125. The second-order valence-electron chi connectivity index (χ2n) is 2.50. The first-order valence-corrected chi connectivity index (χ1v) is 6.50. The Labute approximate surface area is 61.9 Å². The summed E-state index contributed by atoms with van der Waals surface area (Å²) in [5.74, 6) is 0. The summed E-state index contributed by atoms with van der Waals surface area (Å²) in [6, 6.07) is 0. The van der Waals surface area contributed by atoms with E-state index >= 15 is 0 Å². The van der Waals surface area contributed by atoms with Gasteiger partial charge in [-0.05, 0) is 25.2 Å². The van der Waals surface area contributed by atoms with Crippen LogP contribution in [-0.2, 0) is 16.3 Å². The lowest BCUT2D eigenvalue weighted by atomic mass is 10.3. The van der Waals surface area contributed by atoms with Crippen molar-refractivity contribution in [3.05, 3.63) is 0 Å². The average Bonchev–Trinajstić information content (AvgIpc) is 1.90. The standard InChI is InChI=1S/C6H13OPS/c1-7-8(9)5-3-2-4-6-8/h2-6H2,1H3. The molecular formula is C6H13OPS. The van der Waals surface area contributed by atoms with Crippen molar-refractivity contribution in [1.82, 2.24) is 0 Å². The Hall–Kier alpha value is 0.610. The molecule has 1 aliphatic heterocycles. The van der Waals surface area contributed by atoms with Gasteiger partial charge in [-0.25, -0.2) is 0 Å². The third-order valence-corrected chi connectivity index (χ3v) is 6.03. The van der Waals surface area contributed by atoms with Crippen molar-refractivity contribution in [2.45, 2.75) is 19.3 Å². The third kappa shape index (κ3) is 2.03. The minimum atomic E-state index is -1.26. The van der Waals surface area contributed by atoms with Gasteiger partial charge in [-0.1, -0.05) is 18.2 Å². The molecule has 0 aromatic rings. The molecule has 1 rings (SSSR count). The molecule has 0 atom stereocenters. The molecule has 0 aliphatic carbocycles. The van der Waals surface area contributed by atoms with Crippen molar-refractivity contribution in [3.8, 4) is 0 Å².